The number of carbonyl (C=O) groups excluding carboxylic acids is 3. The lowest BCUT2D eigenvalue weighted by molar-refractivity contribution is -0.145. The number of ketones is 1. The molecule has 0 fully saturated rings. The highest BCUT2D eigenvalue weighted by molar-refractivity contribution is 6.01. The van der Waals surface area contributed by atoms with Crippen LogP contribution in [0.5, 0.6) is 5.75 Å². The van der Waals surface area contributed by atoms with Gasteiger partial charge in [-0.25, -0.2) is 4.39 Å². The van der Waals surface area contributed by atoms with Gasteiger partial charge in [-0.05, 0) is 48.9 Å². The second-order valence-electron chi connectivity index (χ2n) is 6.86. The quantitative estimate of drug-likeness (QED) is 0.538. The molecule has 0 aliphatic carbocycles. The van der Waals surface area contributed by atoms with Gasteiger partial charge in [0.05, 0.1) is 13.5 Å². The molecule has 2 aromatic rings. The molecule has 0 aliphatic rings. The van der Waals surface area contributed by atoms with Crippen molar-refractivity contribution in [2.75, 3.05) is 12.4 Å². The van der Waals surface area contributed by atoms with Crippen LogP contribution in [0, 0.1) is 11.7 Å². The van der Waals surface area contributed by atoms with E-state index in [-0.39, 0.29) is 29.8 Å². The number of carbonyl (C=O) groups is 3. The van der Waals surface area contributed by atoms with Gasteiger partial charge in [-0.2, -0.15) is 0 Å². The SMILES string of the molecule is COc1ccc(CC(=O)O[C@H](C)C(=O)c2ccc(NC(=O)C(C)C)cc2)cc1F. The van der Waals surface area contributed by atoms with Gasteiger partial charge >= 0.3 is 5.97 Å². The summed E-state index contributed by atoms with van der Waals surface area (Å²) in [5, 5.41) is 2.73. The van der Waals surface area contributed by atoms with Gasteiger partial charge in [0.15, 0.2) is 17.7 Å². The summed E-state index contributed by atoms with van der Waals surface area (Å²) >= 11 is 0. The maximum absolute atomic E-state index is 13.7. The smallest absolute Gasteiger partial charge is 0.310 e. The molecule has 1 atom stereocenters. The molecule has 1 N–H and O–H groups in total. The van der Waals surface area contributed by atoms with E-state index in [1.165, 1.54) is 26.2 Å². The third-order valence-corrected chi connectivity index (χ3v) is 4.20. The van der Waals surface area contributed by atoms with Crippen LogP contribution in [0.25, 0.3) is 0 Å². The lowest BCUT2D eigenvalue weighted by atomic mass is 10.1. The summed E-state index contributed by atoms with van der Waals surface area (Å²) < 4.78 is 23.7. The van der Waals surface area contributed by atoms with Crippen molar-refractivity contribution >= 4 is 23.3 Å². The Kier molecular flexibility index (Phi) is 7.47. The molecule has 2 aromatic carbocycles. The zero-order chi connectivity index (χ0) is 21.6. The molecule has 6 nitrogen and oxygen atoms in total. The van der Waals surface area contributed by atoms with Gasteiger partial charge in [0.25, 0.3) is 0 Å². The first-order valence-electron chi connectivity index (χ1n) is 9.18. The highest BCUT2D eigenvalue weighted by Crippen LogP contribution is 2.19. The van der Waals surface area contributed by atoms with Crippen LogP contribution >= 0.6 is 0 Å². The Hall–Kier alpha value is -3.22. The fourth-order valence-corrected chi connectivity index (χ4v) is 2.52. The molecule has 29 heavy (non-hydrogen) atoms. The molecule has 0 radical (unpaired) electrons. The van der Waals surface area contributed by atoms with E-state index in [2.05, 4.69) is 5.32 Å². The largest absolute Gasteiger partial charge is 0.494 e. The molecule has 7 heteroatoms. The first-order chi connectivity index (χ1) is 13.7. The molecular formula is C22H24FNO5. The molecule has 0 bridgehead atoms. The Balaban J connectivity index is 1.94. The summed E-state index contributed by atoms with van der Waals surface area (Å²) in [6, 6.07) is 10.5. The second kappa shape index (κ2) is 9.82. The predicted molar refractivity (Wildman–Crippen MR) is 106 cm³/mol. The van der Waals surface area contributed by atoms with Gasteiger partial charge in [0, 0.05) is 17.2 Å². The zero-order valence-corrected chi connectivity index (χ0v) is 16.8. The molecule has 0 spiro atoms. The van der Waals surface area contributed by atoms with Gasteiger partial charge in [-0.15, -0.1) is 0 Å². The minimum atomic E-state index is -0.998. The van der Waals surface area contributed by atoms with Gasteiger partial charge in [0.1, 0.15) is 0 Å². The van der Waals surface area contributed by atoms with Crippen molar-refractivity contribution in [2.24, 2.45) is 5.92 Å². The van der Waals surface area contributed by atoms with E-state index in [9.17, 15) is 18.8 Å². The minimum absolute atomic E-state index is 0.0821. The van der Waals surface area contributed by atoms with Crippen LogP contribution in [-0.4, -0.2) is 30.9 Å². The van der Waals surface area contributed by atoms with E-state index in [1.54, 1.807) is 44.2 Å². The summed E-state index contributed by atoms with van der Waals surface area (Å²) in [6.45, 7) is 5.04. The van der Waals surface area contributed by atoms with E-state index in [4.69, 9.17) is 9.47 Å². The number of nitrogens with one attached hydrogen (secondary N) is 1. The van der Waals surface area contributed by atoms with Crippen molar-refractivity contribution < 1.29 is 28.2 Å². The molecule has 0 aromatic heterocycles. The molecule has 1 amide bonds. The number of hydrogen-bond acceptors (Lipinski definition) is 5. The summed E-state index contributed by atoms with van der Waals surface area (Å²) in [4.78, 5) is 36.3. The van der Waals surface area contributed by atoms with Crippen LogP contribution in [0.15, 0.2) is 42.5 Å². The van der Waals surface area contributed by atoms with E-state index in [1.807, 2.05) is 0 Å². The first kappa shape index (κ1) is 22.1. The maximum Gasteiger partial charge on any atom is 0.310 e. The number of benzene rings is 2. The number of ether oxygens (including phenoxy) is 2. The predicted octanol–water partition coefficient (Wildman–Crippen LogP) is 3.79. The van der Waals surface area contributed by atoms with Gasteiger partial charge in [-0.1, -0.05) is 19.9 Å². The second-order valence-corrected chi connectivity index (χ2v) is 6.86. The highest BCUT2D eigenvalue weighted by Gasteiger charge is 2.20. The standard InChI is InChI=1S/C22H24FNO5/c1-13(2)22(27)24-17-8-6-16(7-9-17)21(26)14(3)29-20(25)12-15-5-10-19(28-4)18(23)11-15/h5-11,13-14H,12H2,1-4H3,(H,24,27)/t14-/m1/s1. The number of esters is 1. The topological polar surface area (TPSA) is 81.7 Å². The van der Waals surface area contributed by atoms with E-state index in [0.29, 0.717) is 16.8 Å². The van der Waals surface area contributed by atoms with Crippen LogP contribution in [0.3, 0.4) is 0 Å². The number of halogens is 1. The summed E-state index contributed by atoms with van der Waals surface area (Å²) in [6.07, 6.45) is -1.17. The van der Waals surface area contributed by atoms with Crippen LogP contribution in [0.4, 0.5) is 10.1 Å². The van der Waals surface area contributed by atoms with Crippen molar-refractivity contribution in [2.45, 2.75) is 33.3 Å². The molecule has 2 rings (SSSR count). The first-order valence-corrected chi connectivity index (χ1v) is 9.18. The van der Waals surface area contributed by atoms with E-state index < -0.39 is 17.9 Å². The number of amides is 1. The molecular weight excluding hydrogens is 377 g/mol. The van der Waals surface area contributed by atoms with Crippen LogP contribution in [-0.2, 0) is 20.7 Å². The molecule has 0 unspecified atom stereocenters. The Morgan fingerprint density at radius 2 is 1.69 bits per heavy atom. The van der Waals surface area contributed by atoms with Gasteiger partial charge in [0.2, 0.25) is 11.7 Å². The van der Waals surface area contributed by atoms with Crippen LogP contribution < -0.4 is 10.1 Å². The van der Waals surface area contributed by atoms with Gasteiger partial charge in [-0.3, -0.25) is 14.4 Å². The van der Waals surface area contributed by atoms with Crippen molar-refractivity contribution in [3.8, 4) is 5.75 Å². The normalized spacial score (nSPS) is 11.7. The van der Waals surface area contributed by atoms with Crippen molar-refractivity contribution in [3.63, 3.8) is 0 Å². The lowest BCUT2D eigenvalue weighted by Crippen LogP contribution is -2.25. The fourth-order valence-electron chi connectivity index (χ4n) is 2.52. The average Bonchev–Trinajstić information content (AvgIpc) is 2.68. The van der Waals surface area contributed by atoms with Crippen LogP contribution in [0.2, 0.25) is 0 Å². The summed E-state index contributed by atoms with van der Waals surface area (Å²) in [5.74, 6) is -1.79. The lowest BCUT2D eigenvalue weighted by Gasteiger charge is -2.13. The van der Waals surface area contributed by atoms with Crippen molar-refractivity contribution in [1.82, 2.24) is 0 Å². The number of Topliss-reactive ketones (excluding diaryl/α,β-unsaturated/α-hetero) is 1. The molecule has 0 saturated carbocycles. The third-order valence-electron chi connectivity index (χ3n) is 4.20. The highest BCUT2D eigenvalue weighted by atomic mass is 19.1. The van der Waals surface area contributed by atoms with Crippen molar-refractivity contribution in [1.29, 1.82) is 0 Å². The molecule has 0 aliphatic heterocycles. The minimum Gasteiger partial charge on any atom is -0.494 e. The monoisotopic (exact) mass is 401 g/mol. The number of methoxy groups -OCH3 is 1. The fraction of sp³-hybridized carbons (Fsp3) is 0.318. The number of rotatable bonds is 8. The molecule has 0 heterocycles. The van der Waals surface area contributed by atoms with Crippen LogP contribution in [0.1, 0.15) is 36.7 Å². The molecule has 0 saturated heterocycles. The summed E-state index contributed by atoms with van der Waals surface area (Å²) in [7, 11) is 1.35. The van der Waals surface area contributed by atoms with E-state index in [0.717, 1.165) is 0 Å². The Morgan fingerprint density at radius 1 is 1.03 bits per heavy atom. The molecule has 154 valence electrons. The average molecular weight is 401 g/mol. The Labute approximate surface area is 169 Å². The number of hydrogen-bond donors (Lipinski definition) is 1. The Morgan fingerprint density at radius 3 is 2.24 bits per heavy atom. The maximum atomic E-state index is 13.7. The van der Waals surface area contributed by atoms with Crippen molar-refractivity contribution in [3.05, 3.63) is 59.4 Å². The zero-order valence-electron chi connectivity index (χ0n) is 16.8. The summed E-state index contributed by atoms with van der Waals surface area (Å²) in [5.41, 5.74) is 1.34. The number of anilines is 1. The Bertz CT molecular complexity index is 893. The van der Waals surface area contributed by atoms with Gasteiger partial charge < -0.3 is 14.8 Å². The third kappa shape index (κ3) is 6.14. The van der Waals surface area contributed by atoms with E-state index >= 15 is 0 Å².